The van der Waals surface area contributed by atoms with Gasteiger partial charge in [0.2, 0.25) is 0 Å². The van der Waals surface area contributed by atoms with Crippen molar-refractivity contribution in [3.63, 3.8) is 0 Å². The Morgan fingerprint density at radius 2 is 1.86 bits per heavy atom. The lowest BCUT2D eigenvalue weighted by atomic mass is 10.1. The summed E-state index contributed by atoms with van der Waals surface area (Å²) in [5.74, 6) is -0.0218. The normalized spacial score (nSPS) is 9.90. The molecule has 106 valence electrons. The zero-order valence-electron chi connectivity index (χ0n) is 11.4. The first kappa shape index (κ1) is 14.7. The van der Waals surface area contributed by atoms with E-state index in [1.165, 1.54) is 6.07 Å². The summed E-state index contributed by atoms with van der Waals surface area (Å²) >= 11 is 0. The molecule has 4 heteroatoms. The molecule has 0 amide bonds. The minimum Gasteiger partial charge on any atom is -0.486 e. The van der Waals surface area contributed by atoms with Crippen molar-refractivity contribution in [3.8, 4) is 11.8 Å². The maximum absolute atomic E-state index is 13.4. The molecule has 0 aliphatic heterocycles. The summed E-state index contributed by atoms with van der Waals surface area (Å²) in [7, 11) is 0. The van der Waals surface area contributed by atoms with Crippen molar-refractivity contribution in [1.29, 1.82) is 5.26 Å². The number of halogens is 1. The number of nitriles is 1. The van der Waals surface area contributed by atoms with Gasteiger partial charge in [0, 0.05) is 6.42 Å². The lowest BCUT2D eigenvalue weighted by Gasteiger charge is -2.06. The number of hydrogen-bond acceptors (Lipinski definition) is 3. The molecule has 0 fully saturated rings. The van der Waals surface area contributed by atoms with E-state index < -0.39 is 0 Å². The monoisotopic (exact) mass is 283 g/mol. The largest absolute Gasteiger partial charge is 0.486 e. The number of ketones is 1. The van der Waals surface area contributed by atoms with Gasteiger partial charge in [-0.25, -0.2) is 4.39 Å². The number of Topliss-reactive ketones (excluding diaryl/α,β-unsaturated/α-hetero) is 1. The van der Waals surface area contributed by atoms with Crippen LogP contribution in [0.1, 0.15) is 11.1 Å². The van der Waals surface area contributed by atoms with Gasteiger partial charge in [-0.1, -0.05) is 30.3 Å². The van der Waals surface area contributed by atoms with Crippen LogP contribution in [0.4, 0.5) is 4.39 Å². The van der Waals surface area contributed by atoms with E-state index in [2.05, 4.69) is 6.07 Å². The second-order valence-corrected chi connectivity index (χ2v) is 4.57. The molecule has 0 bridgehead atoms. The van der Waals surface area contributed by atoms with E-state index in [9.17, 15) is 9.18 Å². The second-order valence-electron chi connectivity index (χ2n) is 4.57. The zero-order chi connectivity index (χ0) is 15.1. The molecule has 21 heavy (non-hydrogen) atoms. The molecular weight excluding hydrogens is 269 g/mol. The van der Waals surface area contributed by atoms with Gasteiger partial charge in [0.25, 0.3) is 0 Å². The Morgan fingerprint density at radius 3 is 2.52 bits per heavy atom. The van der Waals surface area contributed by atoms with Crippen molar-refractivity contribution in [3.05, 3.63) is 65.5 Å². The van der Waals surface area contributed by atoms with Crippen molar-refractivity contribution in [2.75, 3.05) is 6.61 Å². The highest BCUT2D eigenvalue weighted by Crippen LogP contribution is 2.13. The first-order valence-electron chi connectivity index (χ1n) is 6.53. The molecule has 0 atom stereocenters. The highest BCUT2D eigenvalue weighted by molar-refractivity contribution is 5.82. The van der Waals surface area contributed by atoms with Crippen molar-refractivity contribution in [2.45, 2.75) is 12.8 Å². The number of nitrogens with zero attached hydrogens (tertiary/aromatic N) is 1. The van der Waals surface area contributed by atoms with Crippen LogP contribution in [0.3, 0.4) is 0 Å². The minimum atomic E-state index is -0.383. The maximum atomic E-state index is 13.4. The van der Waals surface area contributed by atoms with Crippen LogP contribution in [0, 0.1) is 17.1 Å². The van der Waals surface area contributed by atoms with E-state index in [4.69, 9.17) is 10.00 Å². The lowest BCUT2D eigenvalue weighted by molar-refractivity contribution is -0.120. The second kappa shape index (κ2) is 7.20. The van der Waals surface area contributed by atoms with E-state index in [1.807, 2.05) is 0 Å². The predicted octanol–water partition coefficient (Wildman–Crippen LogP) is 3.08. The number of carbonyl (C=O) groups excluding carboxylic acids is 1. The van der Waals surface area contributed by atoms with E-state index >= 15 is 0 Å². The standard InChI is InChI=1S/C17H14FNO2/c18-17-4-2-1-3-14(17)11-15(20)12-21-16-7-5-13(6-8-16)9-10-19/h1-8H,9,11-12H2. The summed E-state index contributed by atoms with van der Waals surface area (Å²) in [5.41, 5.74) is 1.26. The van der Waals surface area contributed by atoms with Crippen molar-refractivity contribution in [2.24, 2.45) is 0 Å². The number of carbonyl (C=O) groups is 1. The number of ether oxygens (including phenoxy) is 1. The smallest absolute Gasteiger partial charge is 0.174 e. The van der Waals surface area contributed by atoms with Gasteiger partial charge in [0.05, 0.1) is 12.5 Å². The third-order valence-electron chi connectivity index (χ3n) is 2.95. The topological polar surface area (TPSA) is 50.1 Å². The van der Waals surface area contributed by atoms with E-state index in [0.717, 1.165) is 5.56 Å². The number of rotatable bonds is 6. The first-order chi connectivity index (χ1) is 10.2. The minimum absolute atomic E-state index is 0.0131. The van der Waals surface area contributed by atoms with Crippen LogP contribution in [-0.4, -0.2) is 12.4 Å². The van der Waals surface area contributed by atoms with Crippen molar-refractivity contribution >= 4 is 5.78 Å². The Bertz CT molecular complexity index is 659. The Morgan fingerprint density at radius 1 is 1.14 bits per heavy atom. The molecule has 0 N–H and O–H groups in total. The summed E-state index contributed by atoms with van der Waals surface area (Å²) in [5, 5.41) is 8.57. The molecule has 2 aromatic carbocycles. The van der Waals surface area contributed by atoms with Crippen LogP contribution in [0.25, 0.3) is 0 Å². The van der Waals surface area contributed by atoms with Crippen molar-refractivity contribution < 1.29 is 13.9 Å². The van der Waals surface area contributed by atoms with Gasteiger partial charge in [0.1, 0.15) is 18.2 Å². The third kappa shape index (κ3) is 4.43. The third-order valence-corrected chi connectivity index (χ3v) is 2.95. The molecule has 0 heterocycles. The van der Waals surface area contributed by atoms with Crippen LogP contribution in [0.15, 0.2) is 48.5 Å². The zero-order valence-corrected chi connectivity index (χ0v) is 11.4. The van der Waals surface area contributed by atoms with Gasteiger partial charge in [-0.05, 0) is 29.3 Å². The average molecular weight is 283 g/mol. The molecule has 0 spiro atoms. The summed E-state index contributed by atoms with van der Waals surface area (Å²) in [6.45, 7) is -0.105. The number of benzene rings is 2. The Labute approximate surface area is 122 Å². The van der Waals surface area contributed by atoms with Gasteiger partial charge < -0.3 is 4.74 Å². The molecule has 0 aromatic heterocycles. The van der Waals surface area contributed by atoms with Gasteiger partial charge in [-0.15, -0.1) is 0 Å². The van der Waals surface area contributed by atoms with Crippen LogP contribution >= 0.6 is 0 Å². The fourth-order valence-corrected chi connectivity index (χ4v) is 1.86. The Kier molecular flexibility index (Phi) is 5.05. The molecular formula is C17H14FNO2. The molecule has 0 radical (unpaired) electrons. The van der Waals surface area contributed by atoms with Crippen LogP contribution in [-0.2, 0) is 17.6 Å². The summed E-state index contributed by atoms with van der Waals surface area (Å²) in [6, 6.07) is 15.2. The van der Waals surface area contributed by atoms with E-state index in [0.29, 0.717) is 17.7 Å². The first-order valence-corrected chi connectivity index (χ1v) is 6.53. The van der Waals surface area contributed by atoms with Gasteiger partial charge in [0.15, 0.2) is 5.78 Å². The number of hydrogen-bond donors (Lipinski definition) is 0. The average Bonchev–Trinajstić information content (AvgIpc) is 2.49. The molecule has 0 aliphatic rings. The molecule has 2 rings (SSSR count). The Balaban J connectivity index is 1.87. The molecule has 2 aromatic rings. The predicted molar refractivity (Wildman–Crippen MR) is 76.4 cm³/mol. The van der Waals surface area contributed by atoms with Gasteiger partial charge in [-0.2, -0.15) is 5.26 Å². The van der Waals surface area contributed by atoms with Gasteiger partial charge in [-0.3, -0.25) is 4.79 Å². The quantitative estimate of drug-likeness (QED) is 0.818. The van der Waals surface area contributed by atoms with Gasteiger partial charge >= 0.3 is 0 Å². The van der Waals surface area contributed by atoms with E-state index in [-0.39, 0.29) is 24.6 Å². The molecule has 3 nitrogen and oxygen atoms in total. The summed E-state index contributed by atoms with van der Waals surface area (Å²) < 4.78 is 18.8. The highest BCUT2D eigenvalue weighted by atomic mass is 19.1. The van der Waals surface area contributed by atoms with Crippen LogP contribution < -0.4 is 4.74 Å². The molecule has 0 aliphatic carbocycles. The Hall–Kier alpha value is -2.67. The fourth-order valence-electron chi connectivity index (χ4n) is 1.86. The van der Waals surface area contributed by atoms with Crippen molar-refractivity contribution in [1.82, 2.24) is 0 Å². The molecule has 0 unspecified atom stereocenters. The van der Waals surface area contributed by atoms with Crippen LogP contribution in [0.2, 0.25) is 0 Å². The summed E-state index contributed by atoms with van der Waals surface area (Å²) in [6.07, 6.45) is 0.353. The molecule has 0 saturated carbocycles. The van der Waals surface area contributed by atoms with Crippen LogP contribution in [0.5, 0.6) is 5.75 Å². The highest BCUT2D eigenvalue weighted by Gasteiger charge is 2.08. The SMILES string of the molecule is N#CCc1ccc(OCC(=O)Cc2ccccc2F)cc1. The molecule has 0 saturated heterocycles. The van der Waals surface area contributed by atoms with E-state index in [1.54, 1.807) is 42.5 Å². The fraction of sp³-hybridized carbons (Fsp3) is 0.176. The lowest BCUT2D eigenvalue weighted by Crippen LogP contribution is -2.14. The maximum Gasteiger partial charge on any atom is 0.174 e. The summed E-state index contributed by atoms with van der Waals surface area (Å²) in [4.78, 5) is 11.8.